The maximum Gasteiger partial charge on any atom is 0.258 e. The average Bonchev–Trinajstić information content (AvgIpc) is 3.07. The van der Waals surface area contributed by atoms with Crippen LogP contribution in [-0.4, -0.2) is 25.3 Å². The summed E-state index contributed by atoms with van der Waals surface area (Å²) in [5.41, 5.74) is 1.27. The molecule has 2 aromatic rings. The van der Waals surface area contributed by atoms with Crippen LogP contribution in [0.25, 0.3) is 0 Å². The van der Waals surface area contributed by atoms with E-state index in [1.165, 1.54) is 5.56 Å². The highest BCUT2D eigenvalue weighted by Crippen LogP contribution is 2.34. The van der Waals surface area contributed by atoms with E-state index in [0.29, 0.717) is 17.2 Å². The fourth-order valence-electron chi connectivity index (χ4n) is 2.53. The number of ether oxygens (including phenoxy) is 3. The molecule has 0 spiro atoms. The Labute approximate surface area is 141 Å². The van der Waals surface area contributed by atoms with E-state index in [0.717, 1.165) is 12.8 Å². The predicted molar refractivity (Wildman–Crippen MR) is 90.4 cm³/mol. The lowest BCUT2D eigenvalue weighted by atomic mass is 10.1. The third kappa shape index (κ3) is 4.41. The smallest absolute Gasteiger partial charge is 0.258 e. The first-order valence-electron chi connectivity index (χ1n) is 8.06. The van der Waals surface area contributed by atoms with E-state index in [2.05, 4.69) is 17.4 Å². The van der Waals surface area contributed by atoms with Crippen molar-refractivity contribution in [2.45, 2.75) is 25.8 Å². The van der Waals surface area contributed by atoms with Crippen LogP contribution in [0.2, 0.25) is 0 Å². The van der Waals surface area contributed by atoms with Crippen molar-refractivity contribution in [2.24, 2.45) is 0 Å². The van der Waals surface area contributed by atoms with Crippen molar-refractivity contribution in [3.8, 4) is 17.2 Å². The summed E-state index contributed by atoms with van der Waals surface area (Å²) < 4.78 is 16.0. The third-order valence-corrected chi connectivity index (χ3v) is 3.83. The van der Waals surface area contributed by atoms with Gasteiger partial charge >= 0.3 is 0 Å². The molecule has 0 aliphatic carbocycles. The normalized spacial score (nSPS) is 13.4. The minimum Gasteiger partial charge on any atom is -0.484 e. The van der Waals surface area contributed by atoms with Crippen LogP contribution in [-0.2, 0) is 11.2 Å². The molecule has 5 nitrogen and oxygen atoms in total. The molecule has 0 unspecified atom stereocenters. The Morgan fingerprint density at radius 2 is 1.96 bits per heavy atom. The molecule has 0 fully saturated rings. The summed E-state index contributed by atoms with van der Waals surface area (Å²) in [6.45, 7) is 2.20. The zero-order valence-corrected chi connectivity index (χ0v) is 13.7. The van der Waals surface area contributed by atoms with E-state index in [1.54, 1.807) is 18.2 Å². The first-order valence-corrected chi connectivity index (χ1v) is 8.06. The lowest BCUT2D eigenvalue weighted by molar-refractivity contribution is -0.123. The van der Waals surface area contributed by atoms with Gasteiger partial charge in [-0.15, -0.1) is 0 Å². The van der Waals surface area contributed by atoms with Crippen LogP contribution in [0.15, 0.2) is 48.5 Å². The minimum atomic E-state index is -0.131. The number of fused-ring (bicyclic) bond motifs is 1. The van der Waals surface area contributed by atoms with Crippen LogP contribution in [0.5, 0.6) is 17.2 Å². The Hall–Kier alpha value is -2.69. The van der Waals surface area contributed by atoms with Gasteiger partial charge in [0.05, 0.1) is 0 Å². The molecule has 5 heteroatoms. The fraction of sp³-hybridized carbons (Fsp3) is 0.316. The van der Waals surface area contributed by atoms with Crippen molar-refractivity contribution in [1.82, 2.24) is 5.32 Å². The first-order chi connectivity index (χ1) is 11.7. The molecular weight excluding hydrogens is 306 g/mol. The average molecular weight is 327 g/mol. The topological polar surface area (TPSA) is 56.8 Å². The minimum absolute atomic E-state index is 0.0185. The Kier molecular flexibility index (Phi) is 5.21. The molecule has 0 saturated heterocycles. The van der Waals surface area contributed by atoms with Gasteiger partial charge in [-0.1, -0.05) is 30.3 Å². The van der Waals surface area contributed by atoms with Gasteiger partial charge in [0.1, 0.15) is 5.75 Å². The lowest BCUT2D eigenvalue weighted by Crippen LogP contribution is -2.36. The Morgan fingerprint density at radius 3 is 2.79 bits per heavy atom. The van der Waals surface area contributed by atoms with Crippen molar-refractivity contribution >= 4 is 5.91 Å². The highest BCUT2D eigenvalue weighted by atomic mass is 16.7. The van der Waals surface area contributed by atoms with Gasteiger partial charge in [0.15, 0.2) is 18.1 Å². The van der Waals surface area contributed by atoms with E-state index in [1.807, 2.05) is 25.1 Å². The third-order valence-electron chi connectivity index (χ3n) is 3.83. The van der Waals surface area contributed by atoms with Crippen LogP contribution >= 0.6 is 0 Å². The monoisotopic (exact) mass is 327 g/mol. The number of rotatable bonds is 7. The molecule has 1 aliphatic rings. The summed E-state index contributed by atoms with van der Waals surface area (Å²) in [5.74, 6) is 1.80. The second-order valence-corrected chi connectivity index (χ2v) is 5.80. The van der Waals surface area contributed by atoms with E-state index >= 15 is 0 Å². The molecule has 126 valence electrons. The van der Waals surface area contributed by atoms with Gasteiger partial charge in [-0.3, -0.25) is 4.79 Å². The van der Waals surface area contributed by atoms with E-state index in [-0.39, 0.29) is 25.3 Å². The summed E-state index contributed by atoms with van der Waals surface area (Å²) in [5, 5.41) is 2.95. The zero-order valence-electron chi connectivity index (χ0n) is 13.7. The summed E-state index contributed by atoms with van der Waals surface area (Å²) in [6, 6.07) is 15.6. The van der Waals surface area contributed by atoms with Crippen molar-refractivity contribution in [3.63, 3.8) is 0 Å². The molecule has 2 aromatic carbocycles. The van der Waals surface area contributed by atoms with Crippen molar-refractivity contribution in [1.29, 1.82) is 0 Å². The van der Waals surface area contributed by atoms with Gasteiger partial charge < -0.3 is 19.5 Å². The SMILES string of the molecule is C[C@@H](CCc1ccccc1)NC(=O)COc1ccc2c(c1)OCO2. The van der Waals surface area contributed by atoms with Gasteiger partial charge in [0.25, 0.3) is 5.91 Å². The maximum absolute atomic E-state index is 12.0. The van der Waals surface area contributed by atoms with Gasteiger partial charge in [0.2, 0.25) is 6.79 Å². The quantitative estimate of drug-likeness (QED) is 0.849. The standard InChI is InChI=1S/C19H21NO4/c1-14(7-8-15-5-3-2-4-6-15)20-19(21)12-22-16-9-10-17-18(11-16)24-13-23-17/h2-6,9-11,14H,7-8,12-13H2,1H3,(H,20,21)/t14-/m0/s1. The van der Waals surface area contributed by atoms with Gasteiger partial charge in [-0.2, -0.15) is 0 Å². The molecule has 0 aromatic heterocycles. The first kappa shape index (κ1) is 16.2. The second kappa shape index (κ2) is 7.73. The Balaban J connectivity index is 1.40. The molecule has 1 aliphatic heterocycles. The summed E-state index contributed by atoms with van der Waals surface area (Å²) in [4.78, 5) is 12.0. The molecule has 3 rings (SSSR count). The number of hydrogen-bond donors (Lipinski definition) is 1. The van der Waals surface area contributed by atoms with Crippen LogP contribution in [0.4, 0.5) is 0 Å². The van der Waals surface area contributed by atoms with Crippen molar-refractivity contribution < 1.29 is 19.0 Å². The number of carbonyl (C=O) groups excluding carboxylic acids is 1. The van der Waals surface area contributed by atoms with E-state index < -0.39 is 0 Å². The number of hydrogen-bond acceptors (Lipinski definition) is 4. The van der Waals surface area contributed by atoms with E-state index in [4.69, 9.17) is 14.2 Å². The highest BCUT2D eigenvalue weighted by molar-refractivity contribution is 5.77. The molecule has 1 heterocycles. The Morgan fingerprint density at radius 1 is 1.17 bits per heavy atom. The summed E-state index contributed by atoms with van der Waals surface area (Å²) in [6.07, 6.45) is 1.82. The van der Waals surface area contributed by atoms with Gasteiger partial charge in [0, 0.05) is 12.1 Å². The Bertz CT molecular complexity index is 687. The van der Waals surface area contributed by atoms with Gasteiger partial charge in [-0.25, -0.2) is 0 Å². The largest absolute Gasteiger partial charge is 0.484 e. The van der Waals surface area contributed by atoms with Crippen LogP contribution < -0.4 is 19.5 Å². The molecule has 24 heavy (non-hydrogen) atoms. The van der Waals surface area contributed by atoms with Crippen LogP contribution in [0, 0.1) is 0 Å². The van der Waals surface area contributed by atoms with Crippen LogP contribution in [0.3, 0.4) is 0 Å². The number of benzene rings is 2. The fourth-order valence-corrected chi connectivity index (χ4v) is 2.53. The molecule has 1 amide bonds. The molecule has 0 bridgehead atoms. The molecule has 0 radical (unpaired) electrons. The number of aryl methyl sites for hydroxylation is 1. The van der Waals surface area contributed by atoms with Crippen molar-refractivity contribution in [2.75, 3.05) is 13.4 Å². The van der Waals surface area contributed by atoms with Crippen molar-refractivity contribution in [3.05, 3.63) is 54.1 Å². The lowest BCUT2D eigenvalue weighted by Gasteiger charge is -2.14. The zero-order chi connectivity index (χ0) is 16.8. The summed E-state index contributed by atoms with van der Waals surface area (Å²) >= 11 is 0. The number of amides is 1. The number of carbonyl (C=O) groups is 1. The number of nitrogens with one attached hydrogen (secondary N) is 1. The molecular formula is C19H21NO4. The molecule has 1 N–H and O–H groups in total. The predicted octanol–water partition coefficient (Wildman–Crippen LogP) is 2.93. The molecule has 0 saturated carbocycles. The van der Waals surface area contributed by atoms with E-state index in [9.17, 15) is 4.79 Å². The second-order valence-electron chi connectivity index (χ2n) is 5.80. The maximum atomic E-state index is 12.0. The molecule has 1 atom stereocenters. The van der Waals surface area contributed by atoms with Crippen LogP contribution in [0.1, 0.15) is 18.9 Å². The van der Waals surface area contributed by atoms with Gasteiger partial charge in [-0.05, 0) is 37.5 Å². The highest BCUT2D eigenvalue weighted by Gasteiger charge is 2.14. The summed E-state index contributed by atoms with van der Waals surface area (Å²) in [7, 11) is 0.